The van der Waals surface area contributed by atoms with Crippen LogP contribution in [0, 0.1) is 6.92 Å². The van der Waals surface area contributed by atoms with Gasteiger partial charge < -0.3 is 10.4 Å². The van der Waals surface area contributed by atoms with E-state index in [1.165, 1.54) is 5.56 Å². The van der Waals surface area contributed by atoms with Gasteiger partial charge in [-0.1, -0.05) is 13.8 Å². The Kier molecular flexibility index (Phi) is 4.71. The zero-order valence-corrected chi connectivity index (χ0v) is 11.6. The van der Waals surface area contributed by atoms with Crippen molar-refractivity contribution in [2.75, 3.05) is 6.54 Å². The van der Waals surface area contributed by atoms with E-state index in [2.05, 4.69) is 17.3 Å². The highest BCUT2D eigenvalue weighted by Gasteiger charge is 2.23. The zero-order valence-electron chi connectivity index (χ0n) is 11.6. The normalized spacial score (nSPS) is 14.0. The first-order valence-electron chi connectivity index (χ1n) is 6.37. The molecule has 4 nitrogen and oxygen atoms in total. The van der Waals surface area contributed by atoms with Crippen LogP contribution in [0.15, 0.2) is 6.20 Å². The highest BCUT2D eigenvalue weighted by molar-refractivity contribution is 5.19. The average Bonchev–Trinajstić information content (AvgIpc) is 2.65. The SMILES string of the molecule is CCC(O)(CC)CNC(C)c1cn(C)nc1C. The van der Waals surface area contributed by atoms with Gasteiger partial charge in [-0.25, -0.2) is 0 Å². The number of aryl methyl sites for hydroxylation is 2. The Balaban J connectivity index is 2.61. The molecule has 4 heteroatoms. The molecule has 0 spiro atoms. The van der Waals surface area contributed by atoms with E-state index in [9.17, 15) is 5.11 Å². The highest BCUT2D eigenvalue weighted by atomic mass is 16.3. The van der Waals surface area contributed by atoms with E-state index in [0.717, 1.165) is 18.5 Å². The van der Waals surface area contributed by atoms with Gasteiger partial charge >= 0.3 is 0 Å². The average molecular weight is 239 g/mol. The molecule has 0 amide bonds. The Labute approximate surface area is 104 Å². The van der Waals surface area contributed by atoms with Crippen LogP contribution < -0.4 is 5.32 Å². The lowest BCUT2D eigenvalue weighted by molar-refractivity contribution is 0.0303. The maximum Gasteiger partial charge on any atom is 0.0766 e. The maximum atomic E-state index is 10.2. The third kappa shape index (κ3) is 3.54. The Hall–Kier alpha value is -0.870. The first-order chi connectivity index (χ1) is 7.91. The second-order valence-corrected chi connectivity index (χ2v) is 4.88. The molecule has 2 N–H and O–H groups in total. The van der Waals surface area contributed by atoms with Gasteiger partial charge in [0.05, 0.1) is 11.3 Å². The molecule has 1 aromatic heterocycles. The number of nitrogens with one attached hydrogen (secondary N) is 1. The number of nitrogens with zero attached hydrogens (tertiary/aromatic N) is 2. The zero-order chi connectivity index (χ0) is 13.1. The third-order valence-electron chi connectivity index (χ3n) is 3.57. The van der Waals surface area contributed by atoms with Crippen LogP contribution in [-0.2, 0) is 7.05 Å². The summed E-state index contributed by atoms with van der Waals surface area (Å²) in [6.45, 7) is 8.78. The lowest BCUT2D eigenvalue weighted by Crippen LogP contribution is -2.40. The van der Waals surface area contributed by atoms with Crippen LogP contribution in [0.5, 0.6) is 0 Å². The number of aromatic nitrogens is 2. The van der Waals surface area contributed by atoms with Crippen molar-refractivity contribution < 1.29 is 5.11 Å². The lowest BCUT2D eigenvalue weighted by atomic mass is 9.97. The van der Waals surface area contributed by atoms with Crippen molar-refractivity contribution in [2.45, 2.75) is 52.2 Å². The molecule has 0 saturated heterocycles. The summed E-state index contributed by atoms with van der Waals surface area (Å²) in [6.07, 6.45) is 3.58. The van der Waals surface area contributed by atoms with Crippen molar-refractivity contribution in [3.05, 3.63) is 17.5 Å². The molecule has 1 heterocycles. The van der Waals surface area contributed by atoms with Crippen molar-refractivity contribution in [1.29, 1.82) is 0 Å². The van der Waals surface area contributed by atoms with E-state index in [4.69, 9.17) is 0 Å². The van der Waals surface area contributed by atoms with Crippen LogP contribution in [0.3, 0.4) is 0 Å². The molecule has 0 aliphatic rings. The molecule has 0 aromatic carbocycles. The van der Waals surface area contributed by atoms with Crippen LogP contribution in [0.1, 0.15) is 50.9 Å². The monoisotopic (exact) mass is 239 g/mol. The summed E-state index contributed by atoms with van der Waals surface area (Å²) >= 11 is 0. The Morgan fingerprint density at radius 3 is 2.47 bits per heavy atom. The molecule has 0 fully saturated rings. The quantitative estimate of drug-likeness (QED) is 0.797. The molecule has 0 bridgehead atoms. The van der Waals surface area contributed by atoms with E-state index in [1.54, 1.807) is 0 Å². The Morgan fingerprint density at radius 2 is 2.06 bits per heavy atom. The summed E-state index contributed by atoms with van der Waals surface area (Å²) in [5.41, 5.74) is 1.65. The predicted octanol–water partition coefficient (Wildman–Crippen LogP) is 1.93. The molecule has 1 aromatic rings. The second-order valence-electron chi connectivity index (χ2n) is 4.88. The van der Waals surface area contributed by atoms with Crippen LogP contribution in [-0.4, -0.2) is 27.0 Å². The molecule has 0 aliphatic heterocycles. The molecule has 1 atom stereocenters. The highest BCUT2D eigenvalue weighted by Crippen LogP contribution is 2.18. The van der Waals surface area contributed by atoms with Gasteiger partial charge in [0, 0.05) is 31.4 Å². The number of hydrogen-bond acceptors (Lipinski definition) is 3. The molecule has 0 aliphatic carbocycles. The third-order valence-corrected chi connectivity index (χ3v) is 3.57. The van der Waals surface area contributed by atoms with Gasteiger partial charge in [-0.15, -0.1) is 0 Å². The molecule has 0 radical (unpaired) electrons. The van der Waals surface area contributed by atoms with Gasteiger partial charge in [0.2, 0.25) is 0 Å². The van der Waals surface area contributed by atoms with Crippen molar-refractivity contribution >= 4 is 0 Å². The summed E-state index contributed by atoms with van der Waals surface area (Å²) in [6, 6.07) is 0.216. The van der Waals surface area contributed by atoms with E-state index in [0.29, 0.717) is 6.54 Å². The fourth-order valence-corrected chi connectivity index (χ4v) is 2.00. The number of rotatable bonds is 6. The van der Waals surface area contributed by atoms with Crippen LogP contribution in [0.2, 0.25) is 0 Å². The predicted molar refractivity (Wildman–Crippen MR) is 69.9 cm³/mol. The van der Waals surface area contributed by atoms with Gasteiger partial charge in [-0.2, -0.15) is 5.10 Å². The van der Waals surface area contributed by atoms with E-state index in [-0.39, 0.29) is 6.04 Å². The van der Waals surface area contributed by atoms with E-state index < -0.39 is 5.60 Å². The molecular weight excluding hydrogens is 214 g/mol. The standard InChI is InChI=1S/C13H25N3O/c1-6-13(17,7-2)9-14-10(3)12-8-16(5)15-11(12)4/h8,10,14,17H,6-7,9H2,1-5H3. The molecule has 1 rings (SSSR count). The molecule has 1 unspecified atom stereocenters. The largest absolute Gasteiger partial charge is 0.389 e. The van der Waals surface area contributed by atoms with Crippen LogP contribution in [0.25, 0.3) is 0 Å². The summed E-state index contributed by atoms with van der Waals surface area (Å²) < 4.78 is 1.83. The summed E-state index contributed by atoms with van der Waals surface area (Å²) in [7, 11) is 1.93. The topological polar surface area (TPSA) is 50.1 Å². The molecule has 0 saturated carbocycles. The van der Waals surface area contributed by atoms with Crippen molar-refractivity contribution in [2.24, 2.45) is 7.05 Å². The Bertz CT molecular complexity index is 356. The maximum absolute atomic E-state index is 10.2. The van der Waals surface area contributed by atoms with Gasteiger partial charge in [-0.05, 0) is 26.7 Å². The lowest BCUT2D eigenvalue weighted by Gasteiger charge is -2.27. The molecular formula is C13H25N3O. The first-order valence-corrected chi connectivity index (χ1v) is 6.37. The molecule has 98 valence electrons. The van der Waals surface area contributed by atoms with Crippen molar-refractivity contribution in [1.82, 2.24) is 15.1 Å². The van der Waals surface area contributed by atoms with Gasteiger partial charge in [0.15, 0.2) is 0 Å². The van der Waals surface area contributed by atoms with Crippen molar-refractivity contribution in [3.8, 4) is 0 Å². The summed E-state index contributed by atoms with van der Waals surface area (Å²) in [4.78, 5) is 0. The summed E-state index contributed by atoms with van der Waals surface area (Å²) in [5.74, 6) is 0. The first kappa shape index (κ1) is 14.2. The minimum atomic E-state index is -0.593. The minimum absolute atomic E-state index is 0.216. The molecule has 17 heavy (non-hydrogen) atoms. The smallest absolute Gasteiger partial charge is 0.0766 e. The van der Waals surface area contributed by atoms with Gasteiger partial charge in [0.25, 0.3) is 0 Å². The van der Waals surface area contributed by atoms with Crippen molar-refractivity contribution in [3.63, 3.8) is 0 Å². The van der Waals surface area contributed by atoms with Gasteiger partial charge in [0.1, 0.15) is 0 Å². The van der Waals surface area contributed by atoms with E-state index >= 15 is 0 Å². The fourth-order valence-electron chi connectivity index (χ4n) is 2.00. The van der Waals surface area contributed by atoms with Crippen LogP contribution in [0.4, 0.5) is 0 Å². The van der Waals surface area contributed by atoms with E-state index in [1.807, 2.05) is 38.7 Å². The van der Waals surface area contributed by atoms with Crippen LogP contribution >= 0.6 is 0 Å². The van der Waals surface area contributed by atoms with Gasteiger partial charge in [-0.3, -0.25) is 4.68 Å². The number of aliphatic hydroxyl groups is 1. The fraction of sp³-hybridized carbons (Fsp3) is 0.769. The number of hydrogen-bond donors (Lipinski definition) is 2. The second kappa shape index (κ2) is 5.65. The Morgan fingerprint density at radius 1 is 1.47 bits per heavy atom. The summed E-state index contributed by atoms with van der Waals surface area (Å²) in [5, 5.41) is 17.9. The minimum Gasteiger partial charge on any atom is -0.389 e.